The van der Waals surface area contributed by atoms with Crippen LogP contribution in [-0.2, 0) is 11.0 Å². The molecule has 0 heterocycles. The Labute approximate surface area is 217 Å². The van der Waals surface area contributed by atoms with Gasteiger partial charge in [0.15, 0.2) is 5.60 Å². The summed E-state index contributed by atoms with van der Waals surface area (Å²) in [6.45, 7) is 6.21. The first-order chi connectivity index (χ1) is 17.6. The van der Waals surface area contributed by atoms with E-state index >= 15 is 0 Å². The number of hydrogen-bond donors (Lipinski definition) is 1. The fourth-order valence-electron chi connectivity index (χ4n) is 3.54. The van der Waals surface area contributed by atoms with Crippen LogP contribution >= 0.6 is 0 Å². The third-order valence-electron chi connectivity index (χ3n) is 6.00. The predicted molar refractivity (Wildman–Crippen MR) is 132 cm³/mol. The van der Waals surface area contributed by atoms with Crippen LogP contribution in [0.5, 0.6) is 17.2 Å². The van der Waals surface area contributed by atoms with Crippen LogP contribution in [-0.4, -0.2) is 34.5 Å². The summed E-state index contributed by atoms with van der Waals surface area (Å²) in [5.41, 5.74) is -1.24. The SMILES string of the molecule is Cc1cc(Oc2cc(F)cc([C@@H](C)N(C)C(=O)c3ccc(C(F)(F)F)cc3)c2)ccc1OC(C)(C)C(=O)O. The molecule has 6 nitrogen and oxygen atoms in total. The molecule has 3 aromatic rings. The van der Waals surface area contributed by atoms with Crippen molar-refractivity contribution in [2.24, 2.45) is 0 Å². The Morgan fingerprint density at radius 2 is 1.58 bits per heavy atom. The van der Waals surface area contributed by atoms with Crippen molar-refractivity contribution in [3.8, 4) is 17.2 Å². The fourth-order valence-corrected chi connectivity index (χ4v) is 3.54. The van der Waals surface area contributed by atoms with E-state index in [1.165, 1.54) is 37.9 Å². The standard InChI is InChI=1S/C28H27F4NO5/c1-16-12-22(10-11-24(16)38-27(3,4)26(35)36)37-23-14-19(13-21(29)15-23)17(2)33(5)25(34)18-6-8-20(9-7-18)28(30,31)32/h6-15,17H,1-5H3,(H,35,36)/t17-/m1/s1. The molecule has 0 fully saturated rings. The molecule has 38 heavy (non-hydrogen) atoms. The van der Waals surface area contributed by atoms with Gasteiger partial charge in [0.05, 0.1) is 11.6 Å². The maximum Gasteiger partial charge on any atom is 0.416 e. The number of alkyl halides is 3. The molecule has 0 saturated heterocycles. The van der Waals surface area contributed by atoms with Crippen molar-refractivity contribution >= 4 is 11.9 Å². The Balaban J connectivity index is 1.78. The number of halogens is 4. The Bertz CT molecular complexity index is 1340. The van der Waals surface area contributed by atoms with Gasteiger partial charge in [-0.3, -0.25) is 4.79 Å². The van der Waals surface area contributed by atoms with Crippen LogP contribution in [0.2, 0.25) is 0 Å². The van der Waals surface area contributed by atoms with Crippen LogP contribution in [0.4, 0.5) is 17.6 Å². The van der Waals surface area contributed by atoms with Crippen LogP contribution in [0.25, 0.3) is 0 Å². The van der Waals surface area contributed by atoms with Gasteiger partial charge in [-0.1, -0.05) is 0 Å². The molecule has 0 radical (unpaired) electrons. The summed E-state index contributed by atoms with van der Waals surface area (Å²) in [6.07, 6.45) is -4.51. The number of hydrogen-bond acceptors (Lipinski definition) is 4. The lowest BCUT2D eigenvalue weighted by atomic mass is 10.0. The minimum absolute atomic E-state index is 0.0593. The number of carboxylic acid groups (broad SMARTS) is 1. The van der Waals surface area contributed by atoms with Crippen molar-refractivity contribution in [2.75, 3.05) is 7.05 Å². The highest BCUT2D eigenvalue weighted by Gasteiger charge is 2.31. The number of rotatable bonds is 8. The van der Waals surface area contributed by atoms with Crippen LogP contribution in [0.3, 0.4) is 0 Å². The van der Waals surface area contributed by atoms with Crippen molar-refractivity contribution in [1.29, 1.82) is 0 Å². The summed E-state index contributed by atoms with van der Waals surface area (Å²) in [4.78, 5) is 25.5. The molecule has 10 heteroatoms. The molecule has 3 rings (SSSR count). The molecule has 0 spiro atoms. The van der Waals surface area contributed by atoms with Crippen molar-refractivity contribution in [3.05, 3.63) is 88.7 Å². The van der Waals surface area contributed by atoms with Gasteiger partial charge in [-0.05, 0) is 93.4 Å². The lowest BCUT2D eigenvalue weighted by Gasteiger charge is -2.26. The lowest BCUT2D eigenvalue weighted by molar-refractivity contribution is -0.152. The van der Waals surface area contributed by atoms with E-state index in [0.717, 1.165) is 24.3 Å². The second kappa shape index (κ2) is 10.7. The topological polar surface area (TPSA) is 76.1 Å². The van der Waals surface area contributed by atoms with E-state index in [1.807, 2.05) is 0 Å². The number of nitrogens with zero attached hydrogens (tertiary/aromatic N) is 1. The number of ether oxygens (including phenoxy) is 2. The van der Waals surface area contributed by atoms with Gasteiger partial charge in [-0.25, -0.2) is 9.18 Å². The largest absolute Gasteiger partial charge is 0.478 e. The molecule has 202 valence electrons. The third-order valence-corrected chi connectivity index (χ3v) is 6.00. The molecule has 0 saturated carbocycles. The second-order valence-corrected chi connectivity index (χ2v) is 9.33. The first-order valence-corrected chi connectivity index (χ1v) is 11.5. The van der Waals surface area contributed by atoms with Gasteiger partial charge in [-0.15, -0.1) is 0 Å². The van der Waals surface area contributed by atoms with Crippen LogP contribution < -0.4 is 9.47 Å². The molecule has 0 bridgehead atoms. The molecule has 1 atom stereocenters. The van der Waals surface area contributed by atoms with E-state index in [-0.39, 0.29) is 11.3 Å². The monoisotopic (exact) mass is 533 g/mol. The van der Waals surface area contributed by atoms with Gasteiger partial charge in [0, 0.05) is 18.7 Å². The molecule has 0 aliphatic rings. The van der Waals surface area contributed by atoms with Crippen LogP contribution in [0.15, 0.2) is 60.7 Å². The second-order valence-electron chi connectivity index (χ2n) is 9.33. The highest BCUT2D eigenvalue weighted by Crippen LogP contribution is 2.33. The highest BCUT2D eigenvalue weighted by atomic mass is 19.4. The van der Waals surface area contributed by atoms with E-state index in [0.29, 0.717) is 22.6 Å². The number of aliphatic carboxylic acids is 1. The summed E-state index contributed by atoms with van der Waals surface area (Å²) in [5, 5.41) is 9.27. The summed E-state index contributed by atoms with van der Waals surface area (Å²) >= 11 is 0. The zero-order valence-electron chi connectivity index (χ0n) is 21.4. The third kappa shape index (κ3) is 6.62. The van der Waals surface area contributed by atoms with Crippen molar-refractivity contribution in [1.82, 2.24) is 4.90 Å². The Morgan fingerprint density at radius 1 is 0.947 bits per heavy atom. The van der Waals surface area contributed by atoms with Crippen LogP contribution in [0.1, 0.15) is 53.9 Å². The summed E-state index contributed by atoms with van der Waals surface area (Å²) in [5.74, 6) is -1.42. The Hall–Kier alpha value is -4.08. The van der Waals surface area contributed by atoms with Gasteiger partial charge < -0.3 is 19.5 Å². The van der Waals surface area contributed by atoms with Gasteiger partial charge in [0.25, 0.3) is 5.91 Å². The van der Waals surface area contributed by atoms with E-state index < -0.39 is 41.1 Å². The first kappa shape index (κ1) is 28.5. The maximum atomic E-state index is 14.5. The summed E-state index contributed by atoms with van der Waals surface area (Å²) < 4.78 is 64.3. The number of carbonyl (C=O) groups excluding carboxylic acids is 1. The minimum atomic E-state index is -4.51. The molecule has 0 aromatic heterocycles. The van der Waals surface area contributed by atoms with Crippen molar-refractivity contribution in [2.45, 2.75) is 45.5 Å². The molecule has 1 amide bonds. The predicted octanol–water partition coefficient (Wildman–Crippen LogP) is 7.02. The molecular weight excluding hydrogens is 506 g/mol. The van der Waals surface area contributed by atoms with E-state index in [2.05, 4.69) is 0 Å². The molecule has 1 N–H and O–H groups in total. The normalized spacial score (nSPS) is 12.6. The highest BCUT2D eigenvalue weighted by molar-refractivity contribution is 5.94. The fraction of sp³-hybridized carbons (Fsp3) is 0.286. The van der Waals surface area contributed by atoms with Crippen molar-refractivity contribution in [3.63, 3.8) is 0 Å². The first-order valence-electron chi connectivity index (χ1n) is 11.5. The molecule has 3 aromatic carbocycles. The number of benzene rings is 3. The van der Waals surface area contributed by atoms with Crippen molar-refractivity contribution < 1.29 is 41.7 Å². The smallest absolute Gasteiger partial charge is 0.416 e. The Kier molecular flexibility index (Phi) is 8.04. The average molecular weight is 534 g/mol. The summed E-state index contributed by atoms with van der Waals surface area (Å²) in [6, 6.07) is 11.9. The zero-order chi connectivity index (χ0) is 28.4. The lowest BCUT2D eigenvalue weighted by Crippen LogP contribution is -2.38. The van der Waals surface area contributed by atoms with E-state index in [1.54, 1.807) is 38.1 Å². The van der Waals surface area contributed by atoms with Gasteiger partial charge in [-0.2, -0.15) is 13.2 Å². The average Bonchev–Trinajstić information content (AvgIpc) is 2.83. The van der Waals surface area contributed by atoms with Gasteiger partial charge >= 0.3 is 12.1 Å². The number of aryl methyl sites for hydroxylation is 1. The quantitative estimate of drug-likeness (QED) is 0.315. The van der Waals surface area contributed by atoms with E-state index in [9.17, 15) is 32.3 Å². The van der Waals surface area contributed by atoms with Gasteiger partial charge in [0.1, 0.15) is 23.1 Å². The minimum Gasteiger partial charge on any atom is -0.478 e. The van der Waals surface area contributed by atoms with E-state index in [4.69, 9.17) is 9.47 Å². The molecular formula is C28H27F4NO5. The summed E-state index contributed by atoms with van der Waals surface area (Å²) in [7, 11) is 1.47. The number of carbonyl (C=O) groups is 2. The van der Waals surface area contributed by atoms with Crippen LogP contribution in [0, 0.1) is 12.7 Å². The maximum absolute atomic E-state index is 14.5. The number of carboxylic acids is 1. The van der Waals surface area contributed by atoms with Gasteiger partial charge in [0.2, 0.25) is 0 Å². The molecule has 0 aliphatic heterocycles. The molecule has 0 unspecified atom stereocenters. The zero-order valence-corrected chi connectivity index (χ0v) is 21.4. The molecule has 0 aliphatic carbocycles. The Morgan fingerprint density at radius 3 is 2.13 bits per heavy atom. The number of amides is 1.